The zero-order valence-corrected chi connectivity index (χ0v) is 13.0. The van der Waals surface area contributed by atoms with Crippen molar-refractivity contribution < 1.29 is 9.84 Å². The van der Waals surface area contributed by atoms with Crippen molar-refractivity contribution in [2.75, 3.05) is 19.7 Å². The number of benzene rings is 1. The Balaban J connectivity index is 1.57. The summed E-state index contributed by atoms with van der Waals surface area (Å²) in [7, 11) is 0. The van der Waals surface area contributed by atoms with E-state index in [4.69, 9.17) is 4.74 Å². The molecule has 2 unspecified atom stereocenters. The van der Waals surface area contributed by atoms with Crippen molar-refractivity contribution in [2.45, 2.75) is 51.2 Å². The summed E-state index contributed by atoms with van der Waals surface area (Å²) in [4.78, 5) is 2.47. The van der Waals surface area contributed by atoms with Gasteiger partial charge in [0, 0.05) is 6.04 Å². The maximum atomic E-state index is 10.5. The Labute approximate surface area is 127 Å². The van der Waals surface area contributed by atoms with Crippen LogP contribution in [-0.2, 0) is 6.42 Å². The molecule has 1 aromatic carbocycles. The largest absolute Gasteiger partial charge is 0.494 e. The summed E-state index contributed by atoms with van der Waals surface area (Å²) in [5, 5.41) is 10.5. The predicted molar refractivity (Wildman–Crippen MR) is 84.6 cm³/mol. The van der Waals surface area contributed by atoms with Gasteiger partial charge < -0.3 is 9.84 Å². The number of unbranched alkanes of at least 4 members (excludes halogenated alkanes) is 1. The average molecular weight is 289 g/mol. The van der Waals surface area contributed by atoms with Crippen LogP contribution in [0, 0.1) is 5.92 Å². The lowest BCUT2D eigenvalue weighted by Crippen LogP contribution is -2.58. The van der Waals surface area contributed by atoms with Gasteiger partial charge in [-0.05, 0) is 62.4 Å². The third-order valence-corrected chi connectivity index (χ3v) is 5.06. The van der Waals surface area contributed by atoms with Crippen LogP contribution in [0.15, 0.2) is 24.3 Å². The minimum atomic E-state index is -0.145. The van der Waals surface area contributed by atoms with Gasteiger partial charge in [-0.15, -0.1) is 0 Å². The first-order valence-electron chi connectivity index (χ1n) is 8.42. The Bertz CT molecular complexity index is 435. The van der Waals surface area contributed by atoms with Crippen molar-refractivity contribution in [1.29, 1.82) is 0 Å². The highest BCUT2D eigenvalue weighted by Gasteiger charge is 2.40. The standard InChI is InChI=1S/C18H27NO2/c1-2-3-12-21-16-6-4-14(5-7-16)13-17-18(20)15-8-10-19(17)11-9-15/h4-7,15,17-18,20H,2-3,8-13H2,1H3. The van der Waals surface area contributed by atoms with Gasteiger partial charge in [0.1, 0.15) is 5.75 Å². The van der Waals surface area contributed by atoms with Crippen LogP contribution in [0.2, 0.25) is 0 Å². The first-order valence-corrected chi connectivity index (χ1v) is 8.42. The fourth-order valence-electron chi connectivity index (χ4n) is 3.67. The molecular formula is C18H27NO2. The van der Waals surface area contributed by atoms with Crippen molar-refractivity contribution in [3.63, 3.8) is 0 Å². The lowest BCUT2D eigenvalue weighted by Gasteiger charge is -2.49. The van der Waals surface area contributed by atoms with Crippen LogP contribution >= 0.6 is 0 Å². The summed E-state index contributed by atoms with van der Waals surface area (Å²) in [5.74, 6) is 1.48. The van der Waals surface area contributed by atoms with E-state index >= 15 is 0 Å². The smallest absolute Gasteiger partial charge is 0.119 e. The number of hydrogen-bond donors (Lipinski definition) is 1. The molecule has 3 saturated heterocycles. The first-order chi connectivity index (χ1) is 10.3. The summed E-state index contributed by atoms with van der Waals surface area (Å²) in [6.07, 6.45) is 5.41. The Morgan fingerprint density at radius 1 is 1.19 bits per heavy atom. The van der Waals surface area contributed by atoms with E-state index in [1.165, 1.54) is 18.4 Å². The Kier molecular flexibility index (Phi) is 4.81. The normalized spacial score (nSPS) is 31.3. The van der Waals surface area contributed by atoms with Crippen LogP contribution in [-0.4, -0.2) is 41.8 Å². The van der Waals surface area contributed by atoms with E-state index in [-0.39, 0.29) is 6.10 Å². The van der Waals surface area contributed by atoms with Crippen LogP contribution in [0.4, 0.5) is 0 Å². The zero-order valence-electron chi connectivity index (χ0n) is 13.0. The molecule has 1 N–H and O–H groups in total. The van der Waals surface area contributed by atoms with E-state index in [0.29, 0.717) is 12.0 Å². The Morgan fingerprint density at radius 3 is 2.52 bits per heavy atom. The fraction of sp³-hybridized carbons (Fsp3) is 0.667. The molecule has 3 aliphatic heterocycles. The molecular weight excluding hydrogens is 262 g/mol. The lowest BCUT2D eigenvalue weighted by molar-refractivity contribution is -0.0715. The van der Waals surface area contributed by atoms with Gasteiger partial charge in [0.15, 0.2) is 0 Å². The number of nitrogens with zero attached hydrogens (tertiary/aromatic N) is 1. The maximum Gasteiger partial charge on any atom is 0.119 e. The van der Waals surface area contributed by atoms with E-state index in [9.17, 15) is 5.11 Å². The third-order valence-electron chi connectivity index (χ3n) is 5.06. The molecule has 0 amide bonds. The molecule has 0 radical (unpaired) electrons. The van der Waals surface area contributed by atoms with Crippen LogP contribution < -0.4 is 4.74 Å². The third kappa shape index (κ3) is 3.41. The molecule has 3 heteroatoms. The van der Waals surface area contributed by atoms with E-state index in [1.807, 2.05) is 0 Å². The Hall–Kier alpha value is -1.06. The maximum absolute atomic E-state index is 10.5. The summed E-state index contributed by atoms with van der Waals surface area (Å²) in [6, 6.07) is 8.74. The number of hydrogen-bond acceptors (Lipinski definition) is 3. The van der Waals surface area contributed by atoms with Crippen LogP contribution in [0.25, 0.3) is 0 Å². The molecule has 116 valence electrons. The second-order valence-corrected chi connectivity index (χ2v) is 6.48. The van der Waals surface area contributed by atoms with Gasteiger partial charge in [0.25, 0.3) is 0 Å². The van der Waals surface area contributed by atoms with Gasteiger partial charge in [-0.2, -0.15) is 0 Å². The van der Waals surface area contributed by atoms with Crippen molar-refractivity contribution in [2.24, 2.45) is 5.92 Å². The van der Waals surface area contributed by atoms with Gasteiger partial charge in [-0.1, -0.05) is 25.5 Å². The lowest BCUT2D eigenvalue weighted by atomic mass is 9.78. The van der Waals surface area contributed by atoms with Crippen molar-refractivity contribution >= 4 is 0 Å². The molecule has 0 aliphatic carbocycles. The predicted octanol–water partition coefficient (Wildman–Crippen LogP) is 2.86. The van der Waals surface area contributed by atoms with E-state index < -0.39 is 0 Å². The number of fused-ring (bicyclic) bond motifs is 3. The molecule has 3 nitrogen and oxygen atoms in total. The van der Waals surface area contributed by atoms with E-state index in [2.05, 4.69) is 36.1 Å². The molecule has 21 heavy (non-hydrogen) atoms. The van der Waals surface area contributed by atoms with Crippen LogP contribution in [0.1, 0.15) is 38.2 Å². The van der Waals surface area contributed by atoms with Crippen molar-refractivity contribution in [3.05, 3.63) is 29.8 Å². The minimum Gasteiger partial charge on any atom is -0.494 e. The van der Waals surface area contributed by atoms with Crippen molar-refractivity contribution in [1.82, 2.24) is 4.90 Å². The highest BCUT2D eigenvalue weighted by Crippen LogP contribution is 2.33. The van der Waals surface area contributed by atoms with Gasteiger partial charge in [-0.25, -0.2) is 0 Å². The molecule has 0 aromatic heterocycles. The summed E-state index contributed by atoms with van der Waals surface area (Å²) in [6.45, 7) is 5.28. The molecule has 2 atom stereocenters. The monoisotopic (exact) mass is 289 g/mol. The molecule has 4 rings (SSSR count). The second-order valence-electron chi connectivity index (χ2n) is 6.48. The summed E-state index contributed by atoms with van der Waals surface area (Å²) >= 11 is 0. The fourth-order valence-corrected chi connectivity index (χ4v) is 3.67. The van der Waals surface area contributed by atoms with Crippen LogP contribution in [0.5, 0.6) is 5.75 Å². The van der Waals surface area contributed by atoms with Gasteiger partial charge in [-0.3, -0.25) is 4.90 Å². The number of rotatable bonds is 6. The number of ether oxygens (including phenoxy) is 1. The topological polar surface area (TPSA) is 32.7 Å². The summed E-state index contributed by atoms with van der Waals surface area (Å²) < 4.78 is 5.70. The van der Waals surface area contributed by atoms with Gasteiger partial charge in [0.2, 0.25) is 0 Å². The van der Waals surface area contributed by atoms with Crippen molar-refractivity contribution in [3.8, 4) is 5.75 Å². The zero-order chi connectivity index (χ0) is 14.7. The summed E-state index contributed by atoms with van der Waals surface area (Å²) in [5.41, 5.74) is 1.30. The Morgan fingerprint density at radius 2 is 1.90 bits per heavy atom. The van der Waals surface area contributed by atoms with E-state index in [0.717, 1.165) is 44.7 Å². The second kappa shape index (κ2) is 6.80. The van der Waals surface area contributed by atoms with E-state index in [1.54, 1.807) is 0 Å². The number of aliphatic hydroxyl groups is 1. The van der Waals surface area contributed by atoms with Crippen LogP contribution in [0.3, 0.4) is 0 Å². The highest BCUT2D eigenvalue weighted by molar-refractivity contribution is 5.28. The van der Waals surface area contributed by atoms with Gasteiger partial charge in [0.05, 0.1) is 12.7 Å². The number of aliphatic hydroxyl groups excluding tert-OH is 1. The number of piperidine rings is 3. The SMILES string of the molecule is CCCCOc1ccc(CC2C(O)C3CCN2CC3)cc1. The first kappa shape index (κ1) is 14.9. The highest BCUT2D eigenvalue weighted by atomic mass is 16.5. The van der Waals surface area contributed by atoms with Gasteiger partial charge >= 0.3 is 0 Å². The molecule has 3 heterocycles. The molecule has 2 bridgehead atoms. The average Bonchev–Trinajstić information content (AvgIpc) is 2.53. The molecule has 3 fully saturated rings. The quantitative estimate of drug-likeness (QED) is 0.817. The molecule has 0 saturated carbocycles. The molecule has 1 aromatic rings. The molecule has 0 spiro atoms. The minimum absolute atomic E-state index is 0.145. The molecule has 3 aliphatic rings.